The molecule has 2 aromatic rings. The van der Waals surface area contributed by atoms with E-state index in [0.717, 1.165) is 12.8 Å². The molecule has 0 heterocycles. The molecule has 2 aromatic carbocycles. The summed E-state index contributed by atoms with van der Waals surface area (Å²) in [6.45, 7) is 1.47. The first-order valence-electron chi connectivity index (χ1n) is 7.24. The third-order valence-corrected chi connectivity index (χ3v) is 3.80. The average molecular weight is 278 g/mol. The van der Waals surface area contributed by atoms with Gasteiger partial charge in [0.15, 0.2) is 0 Å². The minimum Gasteiger partial charge on any atom is -0.462 e. The summed E-state index contributed by atoms with van der Waals surface area (Å²) >= 11 is 0. The van der Waals surface area contributed by atoms with Crippen molar-refractivity contribution in [2.45, 2.75) is 25.9 Å². The Balaban J connectivity index is 1.99. The molecule has 1 aliphatic rings. The molecule has 2 nitrogen and oxygen atoms in total. The summed E-state index contributed by atoms with van der Waals surface area (Å²) < 4.78 is 5.43. The summed E-state index contributed by atoms with van der Waals surface area (Å²) in [5, 5.41) is 0. The van der Waals surface area contributed by atoms with Gasteiger partial charge in [0.2, 0.25) is 0 Å². The van der Waals surface area contributed by atoms with Crippen LogP contribution < -0.4 is 0 Å². The molecule has 106 valence electrons. The lowest BCUT2D eigenvalue weighted by Crippen LogP contribution is -2.12. The predicted octanol–water partition coefficient (Wildman–Crippen LogP) is 4.32. The summed E-state index contributed by atoms with van der Waals surface area (Å²) in [7, 11) is 0. The second-order valence-corrected chi connectivity index (χ2v) is 5.33. The van der Waals surface area contributed by atoms with Gasteiger partial charge in [-0.25, -0.2) is 0 Å². The van der Waals surface area contributed by atoms with Crippen LogP contribution in [0.25, 0.3) is 11.1 Å². The number of hydrogen-bond donors (Lipinski definition) is 0. The van der Waals surface area contributed by atoms with Crippen LogP contribution in [0.4, 0.5) is 0 Å². The normalized spacial score (nSPS) is 15.3. The number of rotatable bonds is 3. The van der Waals surface area contributed by atoms with Crippen molar-refractivity contribution in [2.75, 3.05) is 0 Å². The molecule has 0 radical (unpaired) electrons. The minimum absolute atomic E-state index is 0.0482. The highest BCUT2D eigenvalue weighted by Crippen LogP contribution is 2.41. The molecule has 0 spiro atoms. The Morgan fingerprint density at radius 1 is 0.857 bits per heavy atom. The molecule has 0 N–H and O–H groups in total. The molecule has 0 bridgehead atoms. The van der Waals surface area contributed by atoms with Gasteiger partial charge in [-0.05, 0) is 22.3 Å². The van der Waals surface area contributed by atoms with E-state index in [1.807, 2.05) is 36.4 Å². The van der Waals surface area contributed by atoms with Crippen molar-refractivity contribution < 1.29 is 9.53 Å². The van der Waals surface area contributed by atoms with E-state index in [1.54, 1.807) is 0 Å². The molecule has 1 aliphatic carbocycles. The van der Waals surface area contributed by atoms with Crippen LogP contribution in [0, 0.1) is 0 Å². The number of esters is 1. The first-order chi connectivity index (χ1) is 10.2. The minimum atomic E-state index is -0.207. The molecule has 21 heavy (non-hydrogen) atoms. The SMILES string of the molecule is CC(=O)OC1CC(c2ccccc2)=C(c2ccccc2)C1. The van der Waals surface area contributed by atoms with Crippen molar-refractivity contribution in [2.24, 2.45) is 0 Å². The van der Waals surface area contributed by atoms with Crippen molar-refractivity contribution in [1.29, 1.82) is 0 Å². The number of benzene rings is 2. The topological polar surface area (TPSA) is 26.3 Å². The van der Waals surface area contributed by atoms with Crippen LogP contribution in [0.5, 0.6) is 0 Å². The molecular formula is C19H18O2. The second kappa shape index (κ2) is 5.96. The molecule has 0 atom stereocenters. The van der Waals surface area contributed by atoms with Gasteiger partial charge in [-0.15, -0.1) is 0 Å². The van der Waals surface area contributed by atoms with E-state index in [4.69, 9.17) is 4.74 Å². The zero-order valence-corrected chi connectivity index (χ0v) is 12.1. The van der Waals surface area contributed by atoms with E-state index in [-0.39, 0.29) is 12.1 Å². The van der Waals surface area contributed by atoms with Crippen LogP contribution in [0.3, 0.4) is 0 Å². The first-order valence-corrected chi connectivity index (χ1v) is 7.24. The Morgan fingerprint density at radius 2 is 1.29 bits per heavy atom. The summed E-state index contributed by atoms with van der Waals surface area (Å²) in [6, 6.07) is 20.7. The standard InChI is InChI=1S/C19H18O2/c1-14(20)21-17-12-18(15-8-4-2-5-9-15)19(13-17)16-10-6-3-7-11-16/h2-11,17H,12-13H2,1H3. The Bertz CT molecular complexity index is 605. The maximum absolute atomic E-state index is 11.2. The van der Waals surface area contributed by atoms with Crippen LogP contribution in [-0.2, 0) is 9.53 Å². The quantitative estimate of drug-likeness (QED) is 0.781. The summed E-state index contributed by atoms with van der Waals surface area (Å²) in [4.78, 5) is 11.2. The van der Waals surface area contributed by atoms with E-state index in [1.165, 1.54) is 29.2 Å². The van der Waals surface area contributed by atoms with Crippen molar-refractivity contribution in [1.82, 2.24) is 0 Å². The van der Waals surface area contributed by atoms with Gasteiger partial charge in [-0.3, -0.25) is 4.79 Å². The fraction of sp³-hybridized carbons (Fsp3) is 0.211. The van der Waals surface area contributed by atoms with Gasteiger partial charge in [-0.2, -0.15) is 0 Å². The molecular weight excluding hydrogens is 260 g/mol. The van der Waals surface area contributed by atoms with Crippen LogP contribution >= 0.6 is 0 Å². The maximum atomic E-state index is 11.2. The van der Waals surface area contributed by atoms with Gasteiger partial charge in [0.1, 0.15) is 6.10 Å². The average Bonchev–Trinajstić information content (AvgIpc) is 2.92. The Kier molecular flexibility index (Phi) is 3.87. The molecule has 0 aromatic heterocycles. The fourth-order valence-corrected chi connectivity index (χ4v) is 2.95. The Hall–Kier alpha value is -2.35. The molecule has 0 unspecified atom stereocenters. The number of carbonyl (C=O) groups is 1. The summed E-state index contributed by atoms with van der Waals surface area (Å²) in [5.74, 6) is -0.207. The molecule has 0 saturated heterocycles. The number of ether oxygens (including phenoxy) is 1. The maximum Gasteiger partial charge on any atom is 0.302 e. The van der Waals surface area contributed by atoms with Crippen LogP contribution in [0.15, 0.2) is 60.7 Å². The molecule has 0 aliphatic heterocycles. The third kappa shape index (κ3) is 3.05. The fourth-order valence-electron chi connectivity index (χ4n) is 2.95. The van der Waals surface area contributed by atoms with E-state index < -0.39 is 0 Å². The predicted molar refractivity (Wildman–Crippen MR) is 84.5 cm³/mol. The van der Waals surface area contributed by atoms with Gasteiger partial charge in [0.05, 0.1) is 0 Å². The highest BCUT2D eigenvalue weighted by atomic mass is 16.5. The number of hydrogen-bond acceptors (Lipinski definition) is 2. The second-order valence-electron chi connectivity index (χ2n) is 5.33. The zero-order chi connectivity index (χ0) is 14.7. The Labute approximate surface area is 125 Å². The lowest BCUT2D eigenvalue weighted by Gasteiger charge is -2.10. The van der Waals surface area contributed by atoms with Gasteiger partial charge in [0, 0.05) is 19.8 Å². The van der Waals surface area contributed by atoms with Gasteiger partial charge in [-0.1, -0.05) is 60.7 Å². The molecule has 2 heteroatoms. The van der Waals surface area contributed by atoms with E-state index in [2.05, 4.69) is 24.3 Å². The molecule has 3 rings (SSSR count). The number of carbonyl (C=O) groups excluding carboxylic acids is 1. The van der Waals surface area contributed by atoms with E-state index in [9.17, 15) is 4.79 Å². The highest BCUT2D eigenvalue weighted by Gasteiger charge is 2.27. The van der Waals surface area contributed by atoms with E-state index >= 15 is 0 Å². The molecule has 0 amide bonds. The highest BCUT2D eigenvalue weighted by molar-refractivity contribution is 5.93. The third-order valence-electron chi connectivity index (χ3n) is 3.80. The van der Waals surface area contributed by atoms with Crippen molar-refractivity contribution in [3.8, 4) is 0 Å². The lowest BCUT2D eigenvalue weighted by atomic mass is 9.97. The first kappa shape index (κ1) is 13.6. The van der Waals surface area contributed by atoms with Crippen LogP contribution in [-0.4, -0.2) is 12.1 Å². The summed E-state index contributed by atoms with van der Waals surface area (Å²) in [6.07, 6.45) is 1.52. The van der Waals surface area contributed by atoms with Gasteiger partial charge >= 0.3 is 5.97 Å². The monoisotopic (exact) mass is 278 g/mol. The van der Waals surface area contributed by atoms with Gasteiger partial charge < -0.3 is 4.74 Å². The van der Waals surface area contributed by atoms with Gasteiger partial charge in [0.25, 0.3) is 0 Å². The van der Waals surface area contributed by atoms with Crippen LogP contribution in [0.1, 0.15) is 30.9 Å². The molecule has 0 fully saturated rings. The summed E-state index contributed by atoms with van der Waals surface area (Å²) in [5.41, 5.74) is 5.00. The largest absolute Gasteiger partial charge is 0.462 e. The van der Waals surface area contributed by atoms with Crippen LogP contribution in [0.2, 0.25) is 0 Å². The van der Waals surface area contributed by atoms with Crippen molar-refractivity contribution >= 4 is 17.1 Å². The lowest BCUT2D eigenvalue weighted by molar-refractivity contribution is -0.145. The molecule has 0 saturated carbocycles. The Morgan fingerprint density at radius 3 is 1.67 bits per heavy atom. The smallest absolute Gasteiger partial charge is 0.302 e. The van der Waals surface area contributed by atoms with Crippen molar-refractivity contribution in [3.63, 3.8) is 0 Å². The zero-order valence-electron chi connectivity index (χ0n) is 12.1. The van der Waals surface area contributed by atoms with Crippen molar-refractivity contribution in [3.05, 3.63) is 71.8 Å². The van der Waals surface area contributed by atoms with E-state index in [0.29, 0.717) is 0 Å².